The smallest absolute Gasteiger partial charge is 0.265 e. The number of phenols is 2. The van der Waals surface area contributed by atoms with E-state index < -0.39 is 11.8 Å². The van der Waals surface area contributed by atoms with Crippen LogP contribution in [-0.2, 0) is 0 Å². The van der Waals surface area contributed by atoms with Gasteiger partial charge in [0, 0.05) is 12.6 Å². The molecule has 0 unspecified atom stereocenters. The van der Waals surface area contributed by atoms with Crippen molar-refractivity contribution in [2.75, 3.05) is 6.54 Å². The number of unbranched alkanes of at least 4 members (excludes halogenated alkanes) is 4. The van der Waals surface area contributed by atoms with Crippen LogP contribution in [0, 0.1) is 0 Å². The average molecular weight is 277 g/mol. The second kappa shape index (κ2) is 5.94. The molecule has 0 spiro atoms. The number of amides is 2. The highest BCUT2D eigenvalue weighted by Crippen LogP contribution is 2.34. The number of rotatable bonds is 6. The van der Waals surface area contributed by atoms with Crippen LogP contribution in [0.25, 0.3) is 0 Å². The minimum Gasteiger partial charge on any atom is -0.508 e. The molecule has 0 bridgehead atoms. The summed E-state index contributed by atoms with van der Waals surface area (Å²) in [5.41, 5.74) is 0.0856. The maximum Gasteiger partial charge on any atom is 0.265 e. The van der Waals surface area contributed by atoms with E-state index in [2.05, 4.69) is 6.92 Å². The van der Waals surface area contributed by atoms with Crippen LogP contribution in [0.15, 0.2) is 12.1 Å². The van der Waals surface area contributed by atoms with E-state index in [1.54, 1.807) is 0 Å². The Labute approximate surface area is 117 Å². The van der Waals surface area contributed by atoms with Crippen molar-refractivity contribution in [3.63, 3.8) is 0 Å². The fraction of sp³-hybridized carbons (Fsp3) is 0.467. The molecule has 0 radical (unpaired) electrons. The first-order chi connectivity index (χ1) is 9.56. The zero-order chi connectivity index (χ0) is 14.7. The number of carbonyl (C=O) groups is 2. The predicted octanol–water partition coefficient (Wildman–Crippen LogP) is 2.66. The first-order valence-corrected chi connectivity index (χ1v) is 6.98. The lowest BCUT2D eigenvalue weighted by molar-refractivity contribution is 0.0650. The van der Waals surface area contributed by atoms with Crippen LogP contribution in [0.4, 0.5) is 0 Å². The van der Waals surface area contributed by atoms with E-state index in [4.69, 9.17) is 0 Å². The van der Waals surface area contributed by atoms with E-state index in [-0.39, 0.29) is 22.6 Å². The molecule has 108 valence electrons. The number of nitrogens with zero attached hydrogens (tertiary/aromatic N) is 1. The Balaban J connectivity index is 2.06. The quantitative estimate of drug-likeness (QED) is 0.619. The maximum atomic E-state index is 12.1. The Kier molecular flexibility index (Phi) is 4.27. The van der Waals surface area contributed by atoms with Crippen molar-refractivity contribution in [3.05, 3.63) is 23.3 Å². The van der Waals surface area contributed by atoms with Gasteiger partial charge in [-0.25, -0.2) is 0 Å². The Bertz CT molecular complexity index is 539. The van der Waals surface area contributed by atoms with Crippen LogP contribution in [-0.4, -0.2) is 33.5 Å². The molecule has 2 N–H and O–H groups in total. The molecule has 5 heteroatoms. The van der Waals surface area contributed by atoms with Crippen molar-refractivity contribution < 1.29 is 19.8 Å². The highest BCUT2D eigenvalue weighted by molar-refractivity contribution is 6.22. The van der Waals surface area contributed by atoms with Crippen molar-refractivity contribution in [2.45, 2.75) is 39.0 Å². The number of phenolic OH excluding ortho intramolecular Hbond substituents is 2. The molecule has 0 saturated carbocycles. The molecule has 5 nitrogen and oxygen atoms in total. The predicted molar refractivity (Wildman–Crippen MR) is 73.9 cm³/mol. The zero-order valence-corrected chi connectivity index (χ0v) is 11.6. The van der Waals surface area contributed by atoms with Crippen molar-refractivity contribution in [1.82, 2.24) is 4.90 Å². The molecule has 0 atom stereocenters. The van der Waals surface area contributed by atoms with Gasteiger partial charge in [0.2, 0.25) is 0 Å². The highest BCUT2D eigenvalue weighted by Gasteiger charge is 2.37. The third-order valence-electron chi connectivity index (χ3n) is 3.52. The maximum absolute atomic E-state index is 12.1. The molecule has 0 saturated heterocycles. The fourth-order valence-corrected chi connectivity index (χ4v) is 2.45. The van der Waals surface area contributed by atoms with Gasteiger partial charge in [0.1, 0.15) is 11.5 Å². The first-order valence-electron chi connectivity index (χ1n) is 6.98. The minimum absolute atomic E-state index is 0.00126. The Morgan fingerprint density at radius 2 is 1.70 bits per heavy atom. The molecule has 1 aromatic rings. The summed E-state index contributed by atoms with van der Waals surface area (Å²) in [6.45, 7) is 2.48. The van der Waals surface area contributed by atoms with Crippen LogP contribution >= 0.6 is 0 Å². The summed E-state index contributed by atoms with van der Waals surface area (Å²) >= 11 is 0. The van der Waals surface area contributed by atoms with E-state index in [9.17, 15) is 19.8 Å². The van der Waals surface area contributed by atoms with Crippen LogP contribution in [0.5, 0.6) is 11.5 Å². The topological polar surface area (TPSA) is 77.8 Å². The van der Waals surface area contributed by atoms with E-state index in [1.807, 2.05) is 0 Å². The van der Waals surface area contributed by atoms with Gasteiger partial charge in [-0.1, -0.05) is 32.6 Å². The van der Waals surface area contributed by atoms with Gasteiger partial charge < -0.3 is 10.2 Å². The molecule has 1 aliphatic heterocycles. The number of benzene rings is 1. The molecule has 2 amide bonds. The zero-order valence-electron chi connectivity index (χ0n) is 11.6. The number of imide groups is 1. The van der Waals surface area contributed by atoms with Crippen LogP contribution < -0.4 is 0 Å². The SMILES string of the molecule is CCCCCCCN1C(=O)c2cc(O)cc(O)c2C1=O. The van der Waals surface area contributed by atoms with Crippen LogP contribution in [0.2, 0.25) is 0 Å². The molecule has 20 heavy (non-hydrogen) atoms. The molecular weight excluding hydrogens is 258 g/mol. The molecule has 1 aromatic carbocycles. The van der Waals surface area contributed by atoms with Crippen LogP contribution in [0.1, 0.15) is 59.7 Å². The number of fused-ring (bicyclic) bond motifs is 1. The molecule has 0 aliphatic carbocycles. The summed E-state index contributed by atoms with van der Waals surface area (Å²) in [6, 6.07) is 2.31. The minimum atomic E-state index is -0.474. The lowest BCUT2D eigenvalue weighted by Crippen LogP contribution is -2.30. The Morgan fingerprint density at radius 3 is 2.40 bits per heavy atom. The first kappa shape index (κ1) is 14.4. The lowest BCUT2D eigenvalue weighted by Gasteiger charge is -2.13. The molecule has 1 heterocycles. The Hall–Kier alpha value is -2.04. The third-order valence-corrected chi connectivity index (χ3v) is 3.52. The van der Waals surface area contributed by atoms with E-state index >= 15 is 0 Å². The van der Waals surface area contributed by atoms with Gasteiger partial charge >= 0.3 is 0 Å². The summed E-state index contributed by atoms with van der Waals surface area (Å²) < 4.78 is 0. The van der Waals surface area contributed by atoms with Gasteiger partial charge in [-0.3, -0.25) is 14.5 Å². The van der Waals surface area contributed by atoms with Gasteiger partial charge in [0.05, 0.1) is 11.1 Å². The van der Waals surface area contributed by atoms with E-state index in [0.29, 0.717) is 6.54 Å². The van der Waals surface area contributed by atoms with Gasteiger partial charge in [-0.2, -0.15) is 0 Å². The van der Waals surface area contributed by atoms with Gasteiger partial charge in [-0.15, -0.1) is 0 Å². The van der Waals surface area contributed by atoms with Crippen molar-refractivity contribution >= 4 is 11.8 Å². The van der Waals surface area contributed by atoms with E-state index in [0.717, 1.165) is 43.1 Å². The highest BCUT2D eigenvalue weighted by atomic mass is 16.3. The average Bonchev–Trinajstić information content (AvgIpc) is 2.63. The standard InChI is InChI=1S/C15H19NO4/c1-2-3-4-5-6-7-16-14(19)11-8-10(17)9-12(18)13(11)15(16)20/h8-9,17-18H,2-7H2,1H3. The molecular formula is C15H19NO4. The second-order valence-corrected chi connectivity index (χ2v) is 5.06. The number of hydrogen-bond acceptors (Lipinski definition) is 4. The monoisotopic (exact) mass is 277 g/mol. The van der Waals surface area contributed by atoms with E-state index in [1.165, 1.54) is 6.07 Å². The summed E-state index contributed by atoms with van der Waals surface area (Å²) in [5.74, 6) is -1.47. The third kappa shape index (κ3) is 2.61. The second-order valence-electron chi connectivity index (χ2n) is 5.06. The summed E-state index contributed by atoms with van der Waals surface area (Å²) in [5, 5.41) is 19.1. The molecule has 0 fully saturated rings. The normalized spacial score (nSPS) is 13.9. The van der Waals surface area contributed by atoms with Crippen LogP contribution in [0.3, 0.4) is 0 Å². The molecule has 2 rings (SSSR count). The summed E-state index contributed by atoms with van der Waals surface area (Å²) in [7, 11) is 0. The Morgan fingerprint density at radius 1 is 1.00 bits per heavy atom. The fourth-order valence-electron chi connectivity index (χ4n) is 2.45. The number of aromatic hydroxyl groups is 2. The number of carbonyl (C=O) groups excluding carboxylic acids is 2. The summed E-state index contributed by atoms with van der Waals surface area (Å²) in [6.07, 6.45) is 5.11. The van der Waals surface area contributed by atoms with Crippen molar-refractivity contribution in [2.24, 2.45) is 0 Å². The molecule has 1 aliphatic rings. The summed E-state index contributed by atoms with van der Waals surface area (Å²) in [4.78, 5) is 25.4. The number of hydrogen-bond donors (Lipinski definition) is 2. The molecule has 0 aromatic heterocycles. The van der Waals surface area contributed by atoms with Gasteiger partial charge in [-0.05, 0) is 12.5 Å². The van der Waals surface area contributed by atoms with Gasteiger partial charge in [0.15, 0.2) is 0 Å². The van der Waals surface area contributed by atoms with Crippen molar-refractivity contribution in [3.8, 4) is 11.5 Å². The van der Waals surface area contributed by atoms with Crippen molar-refractivity contribution in [1.29, 1.82) is 0 Å². The lowest BCUT2D eigenvalue weighted by atomic mass is 10.1. The van der Waals surface area contributed by atoms with Gasteiger partial charge in [0.25, 0.3) is 11.8 Å². The largest absolute Gasteiger partial charge is 0.508 e.